The number of aromatic nitrogens is 4. The number of nitrogens with zero attached hydrogens (tertiary/aromatic N) is 6. The van der Waals surface area contributed by atoms with Gasteiger partial charge in [-0.25, -0.2) is 9.97 Å². The lowest BCUT2D eigenvalue weighted by Gasteiger charge is -2.15. The van der Waals surface area contributed by atoms with E-state index in [0.717, 1.165) is 12.8 Å². The molecule has 21 heavy (non-hydrogen) atoms. The van der Waals surface area contributed by atoms with Crippen LogP contribution in [0.25, 0.3) is 21.6 Å². The number of hydrogen-bond donors (Lipinski definition) is 2. The third-order valence-corrected chi connectivity index (χ3v) is 4.76. The average Bonchev–Trinajstić information content (AvgIpc) is 2.83. The number of aromatic amines is 1. The zero-order valence-electron chi connectivity index (χ0n) is 11.0. The molecule has 2 saturated carbocycles. The highest BCUT2D eigenvalue weighted by Crippen LogP contribution is 2.60. The van der Waals surface area contributed by atoms with Crippen LogP contribution < -0.4 is 5.56 Å². The first-order chi connectivity index (χ1) is 10.2. The summed E-state index contributed by atoms with van der Waals surface area (Å²) in [4.78, 5) is 25.2. The van der Waals surface area contributed by atoms with Gasteiger partial charge in [0.25, 0.3) is 5.56 Å². The molecule has 0 saturated heterocycles. The minimum atomic E-state index is -0.405. The van der Waals surface area contributed by atoms with E-state index in [1.807, 2.05) is 4.57 Å². The summed E-state index contributed by atoms with van der Waals surface area (Å²) >= 11 is 0. The molecule has 2 fully saturated rings. The Bertz CT molecular complexity index is 807. The summed E-state index contributed by atoms with van der Waals surface area (Å²) in [5.41, 5.74) is 8.76. The Labute approximate surface area is 118 Å². The van der Waals surface area contributed by atoms with Crippen molar-refractivity contribution < 1.29 is 5.11 Å². The van der Waals surface area contributed by atoms with Crippen molar-refractivity contribution in [1.29, 1.82) is 0 Å². The Morgan fingerprint density at radius 3 is 2.95 bits per heavy atom. The van der Waals surface area contributed by atoms with Crippen LogP contribution in [-0.2, 0) is 0 Å². The van der Waals surface area contributed by atoms with E-state index < -0.39 is 5.56 Å². The third kappa shape index (κ3) is 1.75. The smallest absolute Gasteiger partial charge is 0.279 e. The van der Waals surface area contributed by atoms with Crippen molar-refractivity contribution in [2.45, 2.75) is 18.9 Å². The van der Waals surface area contributed by atoms with E-state index in [9.17, 15) is 9.90 Å². The summed E-state index contributed by atoms with van der Waals surface area (Å²) in [5, 5.41) is 12.6. The first-order valence-electron chi connectivity index (χ1n) is 6.85. The van der Waals surface area contributed by atoms with Crippen molar-refractivity contribution in [3.05, 3.63) is 27.1 Å². The highest BCUT2D eigenvalue weighted by molar-refractivity contribution is 5.70. The van der Waals surface area contributed by atoms with Gasteiger partial charge in [0.1, 0.15) is 0 Å². The fourth-order valence-electron chi connectivity index (χ4n) is 3.72. The number of hydrogen-bond acceptors (Lipinski definition) is 5. The molecule has 2 unspecified atom stereocenters. The topological polar surface area (TPSA) is 133 Å². The predicted octanol–water partition coefficient (Wildman–Crippen LogP) is 1.25. The molecule has 2 aliphatic carbocycles. The predicted molar refractivity (Wildman–Crippen MR) is 72.8 cm³/mol. The summed E-state index contributed by atoms with van der Waals surface area (Å²) in [6.07, 6.45) is 3.55. The SMILES string of the molecule is [N-]=[N+]=Nc1nc2c(ncn2C2C[C@@H]3C(CO)[C@@H]3C2)c(=O)[nH]1. The van der Waals surface area contributed by atoms with Crippen LogP contribution >= 0.6 is 0 Å². The normalized spacial score (nSPS) is 30.1. The fourth-order valence-corrected chi connectivity index (χ4v) is 3.72. The molecule has 0 spiro atoms. The number of rotatable bonds is 3. The quantitative estimate of drug-likeness (QED) is 0.499. The Hall–Kier alpha value is -2.38. The second-order valence-electron chi connectivity index (χ2n) is 5.70. The van der Waals surface area contributed by atoms with Crippen molar-refractivity contribution in [1.82, 2.24) is 19.5 Å². The number of nitrogens with one attached hydrogen (secondary N) is 1. The zero-order chi connectivity index (χ0) is 14.6. The van der Waals surface area contributed by atoms with Crippen LogP contribution in [0.1, 0.15) is 18.9 Å². The summed E-state index contributed by atoms with van der Waals surface area (Å²) in [6.45, 7) is 0.256. The van der Waals surface area contributed by atoms with Gasteiger partial charge in [-0.3, -0.25) is 4.79 Å². The van der Waals surface area contributed by atoms with Crippen LogP contribution in [0.5, 0.6) is 0 Å². The van der Waals surface area contributed by atoms with Crippen LogP contribution in [0.3, 0.4) is 0 Å². The molecule has 2 aromatic heterocycles. The Balaban J connectivity index is 1.73. The van der Waals surface area contributed by atoms with E-state index in [0.29, 0.717) is 23.4 Å². The van der Waals surface area contributed by atoms with Gasteiger partial charge in [0, 0.05) is 17.6 Å². The maximum absolute atomic E-state index is 11.9. The molecule has 9 heteroatoms. The molecule has 108 valence electrons. The molecular formula is C12H13N7O2. The van der Waals surface area contributed by atoms with Crippen LogP contribution in [0.15, 0.2) is 16.2 Å². The number of aliphatic hydroxyl groups is 1. The summed E-state index contributed by atoms with van der Waals surface area (Å²) < 4.78 is 1.89. The van der Waals surface area contributed by atoms with Gasteiger partial charge < -0.3 is 14.7 Å². The Morgan fingerprint density at radius 1 is 1.52 bits per heavy atom. The van der Waals surface area contributed by atoms with Gasteiger partial charge in [0.15, 0.2) is 17.1 Å². The van der Waals surface area contributed by atoms with Crippen molar-refractivity contribution in [2.75, 3.05) is 6.61 Å². The molecular weight excluding hydrogens is 274 g/mol. The molecule has 0 radical (unpaired) electrons. The minimum Gasteiger partial charge on any atom is -0.396 e. The molecule has 2 N–H and O–H groups in total. The lowest BCUT2D eigenvalue weighted by atomic mass is 10.1. The van der Waals surface area contributed by atoms with Gasteiger partial charge in [-0.05, 0) is 41.2 Å². The van der Waals surface area contributed by atoms with E-state index in [1.165, 1.54) is 0 Å². The number of fused-ring (bicyclic) bond motifs is 2. The largest absolute Gasteiger partial charge is 0.396 e. The first kappa shape index (κ1) is 12.4. The van der Waals surface area contributed by atoms with Crippen molar-refractivity contribution in [2.24, 2.45) is 22.9 Å². The number of imidazole rings is 1. The minimum absolute atomic E-state index is 0.0480. The van der Waals surface area contributed by atoms with Gasteiger partial charge in [0.05, 0.1) is 6.33 Å². The van der Waals surface area contributed by atoms with Crippen LogP contribution in [0.4, 0.5) is 5.95 Å². The molecule has 0 amide bonds. The highest BCUT2D eigenvalue weighted by atomic mass is 16.3. The van der Waals surface area contributed by atoms with E-state index in [1.54, 1.807) is 6.33 Å². The van der Waals surface area contributed by atoms with E-state index in [4.69, 9.17) is 5.53 Å². The summed E-state index contributed by atoms with van der Waals surface area (Å²) in [6, 6.07) is 0.237. The highest BCUT2D eigenvalue weighted by Gasteiger charge is 2.55. The van der Waals surface area contributed by atoms with Crippen LogP contribution in [0, 0.1) is 17.8 Å². The van der Waals surface area contributed by atoms with Gasteiger partial charge in [0.2, 0.25) is 0 Å². The second-order valence-corrected chi connectivity index (χ2v) is 5.70. The molecule has 2 aliphatic rings. The van der Waals surface area contributed by atoms with E-state index in [2.05, 4.69) is 25.0 Å². The Kier molecular flexibility index (Phi) is 2.54. The second kappa shape index (κ2) is 4.31. The molecule has 0 aromatic carbocycles. The number of aliphatic hydroxyl groups excluding tert-OH is 1. The standard InChI is InChI=1S/C12H13N7O2/c13-18-17-12-15-10-9(11(21)16-12)14-4-19(10)5-1-6-7(2-5)8(6)3-20/h4-8,20H,1-3H2,(H,15,16,21)/t5?,6-,7+,8?. The van der Waals surface area contributed by atoms with Crippen LogP contribution in [-0.4, -0.2) is 31.2 Å². The monoisotopic (exact) mass is 287 g/mol. The number of H-pyrrole nitrogens is 1. The molecule has 0 bridgehead atoms. The zero-order valence-corrected chi connectivity index (χ0v) is 11.0. The maximum atomic E-state index is 11.9. The lowest BCUT2D eigenvalue weighted by molar-refractivity contribution is 0.248. The third-order valence-electron chi connectivity index (χ3n) is 4.76. The fraction of sp³-hybridized carbons (Fsp3) is 0.583. The molecule has 2 aromatic rings. The van der Waals surface area contributed by atoms with Crippen LogP contribution in [0.2, 0.25) is 0 Å². The first-order valence-corrected chi connectivity index (χ1v) is 6.85. The average molecular weight is 287 g/mol. The summed E-state index contributed by atoms with van der Waals surface area (Å²) in [5.74, 6) is 1.52. The Morgan fingerprint density at radius 2 is 2.29 bits per heavy atom. The van der Waals surface area contributed by atoms with Crippen molar-refractivity contribution in [3.8, 4) is 0 Å². The van der Waals surface area contributed by atoms with Gasteiger partial charge in [-0.15, -0.1) is 0 Å². The number of azide groups is 1. The van der Waals surface area contributed by atoms with Crippen molar-refractivity contribution in [3.63, 3.8) is 0 Å². The van der Waals surface area contributed by atoms with E-state index in [-0.39, 0.29) is 24.1 Å². The lowest BCUT2D eigenvalue weighted by Crippen LogP contribution is -2.12. The van der Waals surface area contributed by atoms with E-state index >= 15 is 0 Å². The van der Waals surface area contributed by atoms with Gasteiger partial charge >= 0.3 is 0 Å². The van der Waals surface area contributed by atoms with Crippen molar-refractivity contribution >= 4 is 17.1 Å². The molecule has 4 rings (SSSR count). The van der Waals surface area contributed by atoms with Gasteiger partial charge in [-0.1, -0.05) is 0 Å². The maximum Gasteiger partial charge on any atom is 0.279 e. The molecule has 9 nitrogen and oxygen atoms in total. The summed E-state index contributed by atoms with van der Waals surface area (Å²) in [7, 11) is 0. The molecule has 4 atom stereocenters. The van der Waals surface area contributed by atoms with Gasteiger partial charge in [-0.2, -0.15) is 0 Å². The molecule has 0 aliphatic heterocycles. The molecule has 2 heterocycles.